The fourth-order valence-corrected chi connectivity index (χ4v) is 8.01. The maximum Gasteiger partial charge on any atom is 0.164 e. The average Bonchev–Trinajstić information content (AvgIpc) is 3.80. The van der Waals surface area contributed by atoms with E-state index in [1.807, 2.05) is 72.8 Å². The zero-order valence-electron chi connectivity index (χ0n) is 29.0. The van der Waals surface area contributed by atoms with Gasteiger partial charge in [0.15, 0.2) is 17.5 Å². The van der Waals surface area contributed by atoms with Crippen LogP contribution >= 0.6 is 0 Å². The highest BCUT2D eigenvalue weighted by Crippen LogP contribution is 2.45. The molecule has 0 saturated heterocycles. The van der Waals surface area contributed by atoms with Crippen LogP contribution in [0, 0.1) is 0 Å². The number of aromatic nitrogens is 4. The quantitative estimate of drug-likeness (QED) is 0.180. The van der Waals surface area contributed by atoms with Crippen LogP contribution in [0.5, 0.6) is 0 Å². The van der Waals surface area contributed by atoms with Crippen LogP contribution in [0.15, 0.2) is 186 Å². The Morgan fingerprint density at radius 3 is 1.61 bits per heavy atom. The summed E-state index contributed by atoms with van der Waals surface area (Å²) >= 11 is 0. The number of hydrogen-bond donors (Lipinski definition) is 0. The molecule has 54 heavy (non-hydrogen) atoms. The van der Waals surface area contributed by atoms with E-state index in [1.54, 1.807) is 0 Å². The largest absolute Gasteiger partial charge is 0.456 e. The van der Waals surface area contributed by atoms with E-state index in [1.165, 1.54) is 32.7 Å². The molecule has 0 radical (unpaired) electrons. The number of nitrogens with zero attached hydrogens (tertiary/aromatic N) is 4. The number of para-hydroxylation sites is 2. The average molecular weight is 691 g/mol. The first-order valence-corrected chi connectivity index (χ1v) is 18.1. The molecule has 5 nitrogen and oxygen atoms in total. The monoisotopic (exact) mass is 690 g/mol. The zero-order chi connectivity index (χ0) is 35.6. The van der Waals surface area contributed by atoms with Gasteiger partial charge in [0.2, 0.25) is 0 Å². The topological polar surface area (TPSA) is 56.7 Å². The zero-order valence-corrected chi connectivity index (χ0v) is 29.0. The molecule has 0 aliphatic heterocycles. The molecule has 0 aliphatic rings. The van der Waals surface area contributed by atoms with Gasteiger partial charge >= 0.3 is 0 Å². The second kappa shape index (κ2) is 12.1. The molecular weight excluding hydrogens is 661 g/mol. The van der Waals surface area contributed by atoms with Gasteiger partial charge < -0.3 is 8.98 Å². The molecule has 0 amide bonds. The van der Waals surface area contributed by atoms with Gasteiger partial charge in [0, 0.05) is 38.2 Å². The van der Waals surface area contributed by atoms with E-state index in [0.717, 1.165) is 55.3 Å². The lowest BCUT2D eigenvalue weighted by molar-refractivity contribution is 0.669. The molecule has 0 saturated carbocycles. The fraction of sp³-hybridized carbons (Fsp3) is 0. The first kappa shape index (κ1) is 30.3. The summed E-state index contributed by atoms with van der Waals surface area (Å²) < 4.78 is 9.14. The Hall–Kier alpha value is -7.37. The second-order valence-corrected chi connectivity index (χ2v) is 13.6. The minimum Gasteiger partial charge on any atom is -0.456 e. The van der Waals surface area contributed by atoms with Crippen LogP contribution < -0.4 is 0 Å². The predicted molar refractivity (Wildman–Crippen MR) is 221 cm³/mol. The molecule has 0 aliphatic carbocycles. The Morgan fingerprint density at radius 2 is 0.926 bits per heavy atom. The predicted octanol–water partition coefficient (Wildman–Crippen LogP) is 12.7. The summed E-state index contributed by atoms with van der Waals surface area (Å²) in [4.78, 5) is 15.2. The molecule has 0 fully saturated rings. The highest BCUT2D eigenvalue weighted by atomic mass is 16.3. The molecule has 0 atom stereocenters. The van der Waals surface area contributed by atoms with Gasteiger partial charge in [0.25, 0.3) is 0 Å². The first-order chi connectivity index (χ1) is 26.8. The van der Waals surface area contributed by atoms with Gasteiger partial charge in [-0.05, 0) is 46.8 Å². The molecule has 11 rings (SSSR count). The smallest absolute Gasteiger partial charge is 0.164 e. The van der Waals surface area contributed by atoms with E-state index in [-0.39, 0.29) is 0 Å². The molecule has 8 aromatic carbocycles. The number of fused-ring (bicyclic) bond motifs is 8. The van der Waals surface area contributed by atoms with Crippen LogP contribution in [-0.4, -0.2) is 19.5 Å². The van der Waals surface area contributed by atoms with Gasteiger partial charge in [-0.25, -0.2) is 15.0 Å². The Morgan fingerprint density at radius 1 is 0.389 bits per heavy atom. The van der Waals surface area contributed by atoms with Gasteiger partial charge in [0.1, 0.15) is 11.2 Å². The van der Waals surface area contributed by atoms with Crippen molar-refractivity contribution >= 4 is 54.5 Å². The summed E-state index contributed by atoms with van der Waals surface area (Å²) in [6, 6.07) is 63.3. The third kappa shape index (κ3) is 4.76. The number of rotatable bonds is 5. The first-order valence-electron chi connectivity index (χ1n) is 18.1. The lowest BCUT2D eigenvalue weighted by Crippen LogP contribution is -2.01. The van der Waals surface area contributed by atoms with Crippen molar-refractivity contribution in [2.24, 2.45) is 0 Å². The van der Waals surface area contributed by atoms with Crippen molar-refractivity contribution in [3.63, 3.8) is 0 Å². The van der Waals surface area contributed by atoms with Gasteiger partial charge in [-0.2, -0.15) is 0 Å². The van der Waals surface area contributed by atoms with Gasteiger partial charge in [-0.3, -0.25) is 0 Å². The fourth-order valence-electron chi connectivity index (χ4n) is 8.01. The van der Waals surface area contributed by atoms with Crippen LogP contribution in [0.2, 0.25) is 0 Å². The van der Waals surface area contributed by atoms with E-state index in [2.05, 4.69) is 114 Å². The summed E-state index contributed by atoms with van der Waals surface area (Å²) in [7, 11) is 0. The molecule has 3 aromatic heterocycles. The van der Waals surface area contributed by atoms with Crippen molar-refractivity contribution in [3.8, 4) is 51.0 Å². The summed E-state index contributed by atoms with van der Waals surface area (Å²) in [5, 5.41) is 6.82. The highest BCUT2D eigenvalue weighted by molar-refractivity contribution is 6.25. The van der Waals surface area contributed by atoms with Crippen LogP contribution in [0.25, 0.3) is 105 Å². The minimum atomic E-state index is 0.571. The summed E-state index contributed by atoms with van der Waals surface area (Å²) in [5.74, 6) is 1.80. The Labute approximate surface area is 310 Å². The lowest BCUT2D eigenvalue weighted by atomic mass is 9.95. The number of hydrogen-bond acceptors (Lipinski definition) is 4. The normalized spacial score (nSPS) is 11.7. The standard InChI is InChI=1S/C49H30N4O/c1-4-16-31(17-5-1)39-28-34-22-10-11-23-36(34)46-44(39)37-24-12-14-26-40(37)53(46)41-29-35(30-43-45(41)38-25-13-15-27-42(38)54-43)49-51-47(32-18-6-2-7-19-32)50-48(52-49)33-20-8-3-9-21-33/h1-30H. The van der Waals surface area contributed by atoms with E-state index < -0.39 is 0 Å². The molecule has 5 heteroatoms. The second-order valence-electron chi connectivity index (χ2n) is 13.6. The maximum atomic E-state index is 6.70. The minimum absolute atomic E-state index is 0.571. The lowest BCUT2D eigenvalue weighted by Gasteiger charge is -2.15. The number of benzene rings is 8. The van der Waals surface area contributed by atoms with Crippen molar-refractivity contribution in [1.82, 2.24) is 19.5 Å². The van der Waals surface area contributed by atoms with Gasteiger partial charge in [-0.1, -0.05) is 152 Å². The SMILES string of the molecule is c1ccc(-c2nc(-c3ccccc3)nc(-c3cc(-n4c5ccccc5c5c(-c6ccccc6)cc6ccccc6c54)c4c(c3)oc3ccccc34)n2)cc1. The molecule has 252 valence electrons. The maximum absolute atomic E-state index is 6.70. The molecule has 11 aromatic rings. The molecule has 0 spiro atoms. The summed E-state index contributed by atoms with van der Waals surface area (Å²) in [6.45, 7) is 0. The Bertz CT molecular complexity index is 3140. The van der Waals surface area contributed by atoms with Crippen molar-refractivity contribution < 1.29 is 4.42 Å². The summed E-state index contributed by atoms with van der Waals surface area (Å²) in [6.07, 6.45) is 0. The van der Waals surface area contributed by atoms with Crippen LogP contribution in [0.1, 0.15) is 0 Å². The van der Waals surface area contributed by atoms with Crippen molar-refractivity contribution in [2.75, 3.05) is 0 Å². The van der Waals surface area contributed by atoms with Gasteiger partial charge in [-0.15, -0.1) is 0 Å². The molecule has 3 heterocycles. The van der Waals surface area contributed by atoms with E-state index in [9.17, 15) is 0 Å². The van der Waals surface area contributed by atoms with Crippen LogP contribution in [0.4, 0.5) is 0 Å². The van der Waals surface area contributed by atoms with E-state index in [4.69, 9.17) is 19.4 Å². The van der Waals surface area contributed by atoms with E-state index in [0.29, 0.717) is 17.5 Å². The molecule has 0 N–H and O–H groups in total. The Balaban J connectivity index is 1.29. The Kier molecular flexibility index (Phi) is 6.79. The summed E-state index contributed by atoms with van der Waals surface area (Å²) in [5.41, 5.74) is 9.89. The number of furan rings is 1. The molecule has 0 bridgehead atoms. The highest BCUT2D eigenvalue weighted by Gasteiger charge is 2.24. The van der Waals surface area contributed by atoms with Crippen molar-refractivity contribution in [3.05, 3.63) is 182 Å². The van der Waals surface area contributed by atoms with Crippen molar-refractivity contribution in [2.45, 2.75) is 0 Å². The van der Waals surface area contributed by atoms with E-state index >= 15 is 0 Å². The van der Waals surface area contributed by atoms with Gasteiger partial charge in [0.05, 0.1) is 22.1 Å². The van der Waals surface area contributed by atoms with Crippen LogP contribution in [0.3, 0.4) is 0 Å². The van der Waals surface area contributed by atoms with Crippen molar-refractivity contribution in [1.29, 1.82) is 0 Å². The molecular formula is C49H30N4O. The molecule has 0 unspecified atom stereocenters. The third-order valence-corrected chi connectivity index (χ3v) is 10.4. The third-order valence-electron chi connectivity index (χ3n) is 10.4. The van der Waals surface area contributed by atoms with Crippen LogP contribution in [-0.2, 0) is 0 Å².